The first-order valence-corrected chi connectivity index (χ1v) is 10.4. The molecule has 1 aliphatic heterocycles. The zero-order valence-corrected chi connectivity index (χ0v) is 17.8. The number of rotatable bonds is 6. The quantitative estimate of drug-likeness (QED) is 0.703. The molecule has 0 spiro atoms. The molecule has 0 radical (unpaired) electrons. The number of amides is 2. The minimum atomic E-state index is -0.496. The number of anilines is 1. The van der Waals surface area contributed by atoms with Gasteiger partial charge >= 0.3 is 0 Å². The zero-order valence-electron chi connectivity index (χ0n) is 16.9. The number of amidine groups is 1. The van der Waals surface area contributed by atoms with Crippen molar-refractivity contribution in [2.24, 2.45) is 4.99 Å². The van der Waals surface area contributed by atoms with Gasteiger partial charge in [-0.3, -0.25) is 14.5 Å². The number of nitrogens with zero attached hydrogens (tertiary/aromatic N) is 2. The zero-order chi connectivity index (χ0) is 21.0. The fourth-order valence-corrected chi connectivity index (χ4v) is 4.14. The van der Waals surface area contributed by atoms with E-state index in [9.17, 15) is 9.59 Å². The Kier molecular flexibility index (Phi) is 6.54. The van der Waals surface area contributed by atoms with E-state index in [1.54, 1.807) is 11.0 Å². The summed E-state index contributed by atoms with van der Waals surface area (Å²) in [6, 6.07) is 13.6. The van der Waals surface area contributed by atoms with Crippen LogP contribution in [-0.4, -0.2) is 33.7 Å². The van der Waals surface area contributed by atoms with Gasteiger partial charge in [-0.25, -0.2) is 4.99 Å². The molecule has 0 aliphatic carbocycles. The molecular formula is C23H25N3O2S. The number of hydrogen-bond donors (Lipinski definition) is 1. The van der Waals surface area contributed by atoms with Crippen LogP contribution in [0, 0.1) is 20.8 Å². The third-order valence-corrected chi connectivity index (χ3v) is 5.79. The van der Waals surface area contributed by atoms with Crippen molar-refractivity contribution < 1.29 is 9.59 Å². The lowest BCUT2D eigenvalue weighted by atomic mass is 10.1. The van der Waals surface area contributed by atoms with E-state index in [1.807, 2.05) is 63.2 Å². The van der Waals surface area contributed by atoms with Gasteiger partial charge in [-0.05, 0) is 50.1 Å². The average molecular weight is 408 g/mol. The lowest BCUT2D eigenvalue weighted by Crippen LogP contribution is -2.33. The van der Waals surface area contributed by atoms with Crippen LogP contribution < -0.4 is 5.32 Å². The predicted molar refractivity (Wildman–Crippen MR) is 121 cm³/mol. The number of hydrogen-bond acceptors (Lipinski definition) is 4. The van der Waals surface area contributed by atoms with Crippen molar-refractivity contribution >= 4 is 40.1 Å². The molecule has 0 aromatic heterocycles. The van der Waals surface area contributed by atoms with E-state index in [-0.39, 0.29) is 18.2 Å². The van der Waals surface area contributed by atoms with E-state index in [0.29, 0.717) is 11.7 Å². The summed E-state index contributed by atoms with van der Waals surface area (Å²) in [5, 5.41) is 2.97. The molecular weight excluding hydrogens is 382 g/mol. The van der Waals surface area contributed by atoms with Gasteiger partial charge in [0.15, 0.2) is 5.17 Å². The van der Waals surface area contributed by atoms with Crippen LogP contribution in [0.3, 0.4) is 0 Å². The van der Waals surface area contributed by atoms with Crippen LogP contribution in [0.25, 0.3) is 0 Å². The molecule has 1 atom stereocenters. The van der Waals surface area contributed by atoms with Crippen molar-refractivity contribution in [3.05, 3.63) is 71.8 Å². The van der Waals surface area contributed by atoms with Crippen LogP contribution in [0.5, 0.6) is 0 Å². The normalized spacial score (nSPS) is 17.6. The van der Waals surface area contributed by atoms with Crippen LogP contribution in [0.15, 0.2) is 60.1 Å². The Hall–Kier alpha value is -2.86. The highest BCUT2D eigenvalue weighted by Gasteiger charge is 2.38. The Morgan fingerprint density at radius 2 is 1.86 bits per heavy atom. The van der Waals surface area contributed by atoms with E-state index in [4.69, 9.17) is 4.99 Å². The van der Waals surface area contributed by atoms with Crippen molar-refractivity contribution in [3.63, 3.8) is 0 Å². The van der Waals surface area contributed by atoms with Crippen LogP contribution >= 0.6 is 11.8 Å². The topological polar surface area (TPSA) is 61.8 Å². The fraction of sp³-hybridized carbons (Fsp3) is 0.261. The number of benzene rings is 2. The summed E-state index contributed by atoms with van der Waals surface area (Å²) in [7, 11) is 0. The summed E-state index contributed by atoms with van der Waals surface area (Å²) in [5.74, 6) is -0.302. The summed E-state index contributed by atoms with van der Waals surface area (Å²) in [5.41, 5.74) is 4.82. The Morgan fingerprint density at radius 1 is 1.17 bits per heavy atom. The molecule has 1 N–H and O–H groups in total. The number of aryl methyl sites for hydroxylation is 3. The maximum Gasteiger partial charge on any atom is 0.242 e. The highest BCUT2D eigenvalue weighted by molar-refractivity contribution is 8.15. The largest absolute Gasteiger partial charge is 0.326 e. The minimum Gasteiger partial charge on any atom is -0.326 e. The van der Waals surface area contributed by atoms with Gasteiger partial charge in [-0.1, -0.05) is 47.7 Å². The number of thioether (sulfide) groups is 1. The van der Waals surface area contributed by atoms with E-state index in [2.05, 4.69) is 11.9 Å². The van der Waals surface area contributed by atoms with E-state index < -0.39 is 5.25 Å². The maximum atomic E-state index is 12.9. The lowest BCUT2D eigenvalue weighted by molar-refractivity contribution is -0.127. The molecule has 0 saturated carbocycles. The van der Waals surface area contributed by atoms with Crippen molar-refractivity contribution in [1.29, 1.82) is 0 Å². The molecule has 6 heteroatoms. The van der Waals surface area contributed by atoms with Gasteiger partial charge < -0.3 is 5.32 Å². The van der Waals surface area contributed by atoms with Gasteiger partial charge in [-0.15, -0.1) is 6.58 Å². The Morgan fingerprint density at radius 3 is 2.55 bits per heavy atom. The van der Waals surface area contributed by atoms with Gasteiger partial charge in [0.2, 0.25) is 11.8 Å². The minimum absolute atomic E-state index is 0.0941. The Bertz CT molecular complexity index is 967. The molecule has 2 amide bonds. The van der Waals surface area contributed by atoms with Crippen molar-refractivity contribution in [3.8, 4) is 0 Å². The highest BCUT2D eigenvalue weighted by atomic mass is 32.2. The number of carbonyl (C=O) groups is 2. The van der Waals surface area contributed by atoms with Gasteiger partial charge in [-0.2, -0.15) is 0 Å². The molecule has 2 aromatic carbocycles. The summed E-state index contributed by atoms with van der Waals surface area (Å²) in [4.78, 5) is 31.7. The fourth-order valence-electron chi connectivity index (χ4n) is 2.98. The van der Waals surface area contributed by atoms with E-state index in [0.717, 1.165) is 28.1 Å². The summed E-state index contributed by atoms with van der Waals surface area (Å²) in [6.45, 7) is 10.1. The second kappa shape index (κ2) is 9.09. The van der Waals surface area contributed by atoms with Gasteiger partial charge in [0.05, 0.1) is 5.69 Å². The molecule has 5 nitrogen and oxygen atoms in total. The number of nitrogens with one attached hydrogen (secondary N) is 1. The smallest absolute Gasteiger partial charge is 0.242 e. The molecule has 0 bridgehead atoms. The molecule has 1 saturated heterocycles. The Labute approximate surface area is 175 Å². The van der Waals surface area contributed by atoms with Gasteiger partial charge in [0, 0.05) is 18.7 Å². The third-order valence-electron chi connectivity index (χ3n) is 4.62. The summed E-state index contributed by atoms with van der Waals surface area (Å²) in [6.07, 6.45) is 1.77. The van der Waals surface area contributed by atoms with Gasteiger partial charge in [0.25, 0.3) is 0 Å². The van der Waals surface area contributed by atoms with Crippen molar-refractivity contribution in [2.75, 3.05) is 11.9 Å². The molecule has 0 unspecified atom stereocenters. The second-order valence-electron chi connectivity index (χ2n) is 7.15. The SMILES string of the molecule is C=CCN1C(=O)[C@H](CC(=O)Nc2ccc(C)cc2)SC1=Nc1cc(C)ccc1C. The second-order valence-corrected chi connectivity index (χ2v) is 8.32. The molecule has 29 heavy (non-hydrogen) atoms. The molecule has 1 heterocycles. The predicted octanol–water partition coefficient (Wildman–Crippen LogP) is 4.76. The standard InChI is InChI=1S/C23H25N3O2S/c1-5-12-26-22(28)20(14-21(27)24-18-10-7-15(2)8-11-18)29-23(26)25-19-13-16(3)6-9-17(19)4/h5-11,13,20H,1,12,14H2,2-4H3,(H,24,27)/t20-/m0/s1. The first kappa shape index (κ1) is 20.9. The van der Waals surface area contributed by atoms with Crippen molar-refractivity contribution in [2.45, 2.75) is 32.4 Å². The van der Waals surface area contributed by atoms with Crippen LogP contribution in [0.1, 0.15) is 23.1 Å². The van der Waals surface area contributed by atoms with Crippen LogP contribution in [0.2, 0.25) is 0 Å². The first-order valence-electron chi connectivity index (χ1n) is 9.49. The monoisotopic (exact) mass is 407 g/mol. The average Bonchev–Trinajstić information content (AvgIpc) is 2.95. The molecule has 1 fully saturated rings. The van der Waals surface area contributed by atoms with E-state index in [1.165, 1.54) is 11.8 Å². The van der Waals surface area contributed by atoms with Crippen LogP contribution in [0.4, 0.5) is 11.4 Å². The third kappa shape index (κ3) is 5.15. The first-order chi connectivity index (χ1) is 13.9. The molecule has 1 aliphatic rings. The summed E-state index contributed by atoms with van der Waals surface area (Å²) < 4.78 is 0. The molecule has 2 aromatic rings. The van der Waals surface area contributed by atoms with Gasteiger partial charge in [0.1, 0.15) is 5.25 Å². The lowest BCUT2D eigenvalue weighted by Gasteiger charge is -2.14. The van der Waals surface area contributed by atoms with Crippen LogP contribution in [-0.2, 0) is 9.59 Å². The van der Waals surface area contributed by atoms with E-state index >= 15 is 0 Å². The summed E-state index contributed by atoms with van der Waals surface area (Å²) >= 11 is 1.34. The van der Waals surface area contributed by atoms with Crippen molar-refractivity contribution in [1.82, 2.24) is 4.90 Å². The number of aliphatic imine (C=N–C) groups is 1. The molecule has 150 valence electrons. The number of carbonyl (C=O) groups excluding carboxylic acids is 2. The maximum absolute atomic E-state index is 12.9. The highest BCUT2D eigenvalue weighted by Crippen LogP contribution is 2.33. The Balaban J connectivity index is 1.76. The molecule has 3 rings (SSSR count).